The Hall–Kier alpha value is -2.38. The zero-order valence-electron chi connectivity index (χ0n) is 20.7. The summed E-state index contributed by atoms with van der Waals surface area (Å²) >= 11 is 0. The SMILES string of the molecule is CC(C)(C)c1ccc(C(c2ccccc2)(c2ccc(C(C)(C)C)cc2)[C@@H]2CCCN2)cc1. The smallest absolute Gasteiger partial charge is 0.0604 e. The van der Waals surface area contributed by atoms with Gasteiger partial charge in [0, 0.05) is 6.04 Å². The molecule has 0 radical (unpaired) electrons. The molecule has 0 aliphatic carbocycles. The molecule has 3 aromatic carbocycles. The Morgan fingerprint density at radius 3 is 1.34 bits per heavy atom. The van der Waals surface area contributed by atoms with Crippen LogP contribution in [0.15, 0.2) is 78.9 Å². The molecule has 3 aromatic rings. The van der Waals surface area contributed by atoms with Crippen LogP contribution in [-0.4, -0.2) is 12.6 Å². The molecule has 0 bridgehead atoms. The van der Waals surface area contributed by atoms with Crippen molar-refractivity contribution >= 4 is 0 Å². The van der Waals surface area contributed by atoms with Gasteiger partial charge in [0.15, 0.2) is 0 Å². The van der Waals surface area contributed by atoms with E-state index in [1.165, 1.54) is 40.7 Å². The summed E-state index contributed by atoms with van der Waals surface area (Å²) in [5.41, 5.74) is 6.95. The van der Waals surface area contributed by atoms with Crippen LogP contribution in [0.3, 0.4) is 0 Å². The van der Waals surface area contributed by atoms with Crippen LogP contribution in [0.2, 0.25) is 0 Å². The van der Waals surface area contributed by atoms with Gasteiger partial charge in [0.05, 0.1) is 5.41 Å². The minimum Gasteiger partial charge on any atom is -0.312 e. The summed E-state index contributed by atoms with van der Waals surface area (Å²) in [6, 6.07) is 30.4. The lowest BCUT2D eigenvalue weighted by atomic mass is 9.63. The summed E-state index contributed by atoms with van der Waals surface area (Å²) in [4.78, 5) is 0. The molecule has 168 valence electrons. The zero-order valence-corrected chi connectivity index (χ0v) is 20.7. The predicted molar refractivity (Wildman–Crippen MR) is 138 cm³/mol. The van der Waals surface area contributed by atoms with Crippen molar-refractivity contribution in [3.05, 3.63) is 107 Å². The molecule has 1 heteroatoms. The van der Waals surface area contributed by atoms with Gasteiger partial charge in [-0.3, -0.25) is 0 Å². The summed E-state index contributed by atoms with van der Waals surface area (Å²) in [5.74, 6) is 0. The molecule has 0 aromatic heterocycles. The molecule has 32 heavy (non-hydrogen) atoms. The second-order valence-corrected chi connectivity index (χ2v) is 11.5. The lowest BCUT2D eigenvalue weighted by Crippen LogP contribution is -2.47. The fourth-order valence-electron chi connectivity index (χ4n) is 5.32. The normalized spacial score (nSPS) is 17.5. The van der Waals surface area contributed by atoms with Gasteiger partial charge in [-0.05, 0) is 58.0 Å². The highest BCUT2D eigenvalue weighted by molar-refractivity contribution is 5.54. The third-order valence-electron chi connectivity index (χ3n) is 7.22. The average molecular weight is 426 g/mol. The summed E-state index contributed by atoms with van der Waals surface area (Å²) in [7, 11) is 0. The van der Waals surface area contributed by atoms with Crippen LogP contribution in [0.5, 0.6) is 0 Å². The first-order valence-corrected chi connectivity index (χ1v) is 12.1. The van der Waals surface area contributed by atoms with E-state index in [9.17, 15) is 0 Å². The van der Waals surface area contributed by atoms with Crippen molar-refractivity contribution in [1.82, 2.24) is 5.32 Å². The molecule has 0 unspecified atom stereocenters. The molecule has 1 heterocycles. The zero-order chi connectivity index (χ0) is 23.0. The number of benzene rings is 3. The number of hydrogen-bond acceptors (Lipinski definition) is 1. The highest BCUT2D eigenvalue weighted by Gasteiger charge is 2.44. The Morgan fingerprint density at radius 1 is 0.562 bits per heavy atom. The third kappa shape index (κ3) is 4.16. The van der Waals surface area contributed by atoms with Gasteiger partial charge in [0.25, 0.3) is 0 Å². The molecule has 1 aliphatic rings. The van der Waals surface area contributed by atoms with E-state index in [2.05, 4.69) is 126 Å². The molecule has 1 fully saturated rings. The standard InChI is InChI=1S/C31H39N/c1-29(2,3)23-14-18-26(19-15-23)31(28-13-10-22-32-28,25-11-8-7-9-12-25)27-20-16-24(17-21-27)30(4,5)6/h7-9,11-12,14-21,28,32H,10,13,22H2,1-6H3/t28-/m0/s1. The Bertz CT molecular complexity index is 952. The van der Waals surface area contributed by atoms with Crippen molar-refractivity contribution in [3.8, 4) is 0 Å². The van der Waals surface area contributed by atoms with E-state index in [0.717, 1.165) is 6.54 Å². The van der Waals surface area contributed by atoms with E-state index >= 15 is 0 Å². The molecule has 0 spiro atoms. The van der Waals surface area contributed by atoms with Gasteiger partial charge in [0.2, 0.25) is 0 Å². The van der Waals surface area contributed by atoms with E-state index in [4.69, 9.17) is 0 Å². The number of hydrogen-bond donors (Lipinski definition) is 1. The lowest BCUT2D eigenvalue weighted by Gasteiger charge is -2.42. The summed E-state index contributed by atoms with van der Waals surface area (Å²) in [5, 5.41) is 3.88. The van der Waals surface area contributed by atoms with Crippen LogP contribution in [0, 0.1) is 0 Å². The van der Waals surface area contributed by atoms with E-state index in [0.29, 0.717) is 6.04 Å². The second kappa shape index (κ2) is 8.52. The molecular formula is C31H39N. The topological polar surface area (TPSA) is 12.0 Å². The van der Waals surface area contributed by atoms with E-state index in [1.54, 1.807) is 0 Å². The predicted octanol–water partition coefficient (Wildman–Crippen LogP) is 7.37. The van der Waals surface area contributed by atoms with Crippen LogP contribution in [-0.2, 0) is 16.2 Å². The van der Waals surface area contributed by atoms with Crippen molar-refractivity contribution in [3.63, 3.8) is 0 Å². The fourth-order valence-corrected chi connectivity index (χ4v) is 5.32. The number of nitrogens with one attached hydrogen (secondary N) is 1. The van der Waals surface area contributed by atoms with Crippen molar-refractivity contribution in [1.29, 1.82) is 0 Å². The average Bonchev–Trinajstić information content (AvgIpc) is 3.30. The highest BCUT2D eigenvalue weighted by Crippen LogP contribution is 2.45. The maximum Gasteiger partial charge on any atom is 0.0604 e. The van der Waals surface area contributed by atoms with Crippen LogP contribution in [0.4, 0.5) is 0 Å². The van der Waals surface area contributed by atoms with Crippen molar-refractivity contribution in [2.45, 2.75) is 76.7 Å². The quantitative estimate of drug-likeness (QED) is 0.430. The highest BCUT2D eigenvalue weighted by atomic mass is 15.0. The molecular weight excluding hydrogens is 386 g/mol. The van der Waals surface area contributed by atoms with Gasteiger partial charge in [-0.1, -0.05) is 120 Å². The van der Waals surface area contributed by atoms with Crippen LogP contribution in [0.25, 0.3) is 0 Å². The van der Waals surface area contributed by atoms with Crippen LogP contribution < -0.4 is 5.32 Å². The number of rotatable bonds is 4. The second-order valence-electron chi connectivity index (χ2n) is 11.5. The Labute approximate surface area is 195 Å². The molecule has 1 saturated heterocycles. The Balaban J connectivity index is 1.96. The first-order chi connectivity index (χ1) is 15.1. The van der Waals surface area contributed by atoms with Crippen LogP contribution in [0.1, 0.15) is 82.2 Å². The summed E-state index contributed by atoms with van der Waals surface area (Å²) in [6.07, 6.45) is 2.40. The van der Waals surface area contributed by atoms with Gasteiger partial charge in [-0.25, -0.2) is 0 Å². The molecule has 1 aliphatic heterocycles. The van der Waals surface area contributed by atoms with Gasteiger partial charge in [-0.15, -0.1) is 0 Å². The van der Waals surface area contributed by atoms with Gasteiger partial charge < -0.3 is 5.32 Å². The molecule has 1 N–H and O–H groups in total. The fraction of sp³-hybridized carbons (Fsp3) is 0.419. The minimum absolute atomic E-state index is 0.147. The van der Waals surface area contributed by atoms with Crippen LogP contribution >= 0.6 is 0 Å². The van der Waals surface area contributed by atoms with E-state index in [-0.39, 0.29) is 16.2 Å². The van der Waals surface area contributed by atoms with E-state index < -0.39 is 0 Å². The Kier molecular flexibility index (Phi) is 6.07. The maximum atomic E-state index is 3.88. The largest absolute Gasteiger partial charge is 0.312 e. The maximum absolute atomic E-state index is 3.88. The molecule has 0 saturated carbocycles. The third-order valence-corrected chi connectivity index (χ3v) is 7.22. The molecule has 1 nitrogen and oxygen atoms in total. The lowest BCUT2D eigenvalue weighted by molar-refractivity contribution is 0.435. The van der Waals surface area contributed by atoms with Crippen molar-refractivity contribution < 1.29 is 0 Å². The first-order valence-electron chi connectivity index (χ1n) is 12.1. The van der Waals surface area contributed by atoms with E-state index in [1.807, 2.05) is 0 Å². The van der Waals surface area contributed by atoms with Gasteiger partial charge >= 0.3 is 0 Å². The monoisotopic (exact) mass is 425 g/mol. The van der Waals surface area contributed by atoms with Gasteiger partial charge in [0.1, 0.15) is 0 Å². The van der Waals surface area contributed by atoms with Crippen molar-refractivity contribution in [2.75, 3.05) is 6.54 Å². The molecule has 0 amide bonds. The first kappa shape index (κ1) is 22.8. The minimum atomic E-state index is -0.218. The molecule has 1 atom stereocenters. The molecule has 4 rings (SSSR count). The van der Waals surface area contributed by atoms with Crippen molar-refractivity contribution in [2.24, 2.45) is 0 Å². The summed E-state index contributed by atoms with van der Waals surface area (Å²) in [6.45, 7) is 14.8. The Morgan fingerprint density at radius 2 is 0.969 bits per heavy atom. The van der Waals surface area contributed by atoms with Gasteiger partial charge in [-0.2, -0.15) is 0 Å². The summed E-state index contributed by atoms with van der Waals surface area (Å²) < 4.78 is 0.